The molecular formula is C96H168N4O48. The number of rotatable bonds is 64. The number of aliphatic hydroxyl groups is 24. The maximum Gasteiger partial charge on any atom is 0.364 e. The summed E-state index contributed by atoms with van der Waals surface area (Å²) in [6.45, 7) is -1.69. The maximum atomic E-state index is 14.7. The Bertz CT molecular complexity index is 3870. The van der Waals surface area contributed by atoms with Crippen LogP contribution in [0.3, 0.4) is 0 Å². The van der Waals surface area contributed by atoms with Crippen molar-refractivity contribution in [3.05, 3.63) is 12.2 Å². The second-order valence-corrected chi connectivity index (χ2v) is 39.8. The highest BCUT2D eigenvalue weighted by molar-refractivity contribution is 5.78. The zero-order chi connectivity index (χ0) is 109. The van der Waals surface area contributed by atoms with Gasteiger partial charge in [-0.1, -0.05) is 180 Å². The van der Waals surface area contributed by atoms with Crippen molar-refractivity contribution in [3.63, 3.8) is 0 Å². The van der Waals surface area contributed by atoms with Gasteiger partial charge in [0, 0.05) is 40.0 Å². The molecule has 30 N–H and O–H groups in total. The van der Waals surface area contributed by atoms with Crippen molar-refractivity contribution >= 4 is 35.6 Å². The van der Waals surface area contributed by atoms with Gasteiger partial charge in [0.1, 0.15) is 177 Å². The number of amides is 4. The van der Waals surface area contributed by atoms with Crippen LogP contribution < -0.4 is 21.3 Å². The molecule has 860 valence electrons. The molecule has 8 rings (SSSR count). The van der Waals surface area contributed by atoms with Gasteiger partial charge in [0.2, 0.25) is 23.6 Å². The van der Waals surface area contributed by atoms with E-state index in [1.165, 1.54) is 90.0 Å². The zero-order valence-corrected chi connectivity index (χ0v) is 84.9. The van der Waals surface area contributed by atoms with E-state index in [1.54, 1.807) is 6.08 Å². The molecule has 52 nitrogen and oxygen atoms in total. The highest BCUT2D eigenvalue weighted by atomic mass is 16.8. The summed E-state index contributed by atoms with van der Waals surface area (Å²) in [5.74, 6) is -15.6. The molecule has 148 heavy (non-hydrogen) atoms. The third kappa shape index (κ3) is 35.2. The molecule has 0 aromatic heterocycles. The first-order chi connectivity index (χ1) is 70.5. The molecule has 44 atom stereocenters. The van der Waals surface area contributed by atoms with E-state index in [-0.39, 0.29) is 6.42 Å². The minimum absolute atomic E-state index is 0.0491. The minimum Gasteiger partial charge on any atom is -0.477 e. The van der Waals surface area contributed by atoms with E-state index >= 15 is 0 Å². The number of nitrogens with one attached hydrogen (secondary N) is 4. The van der Waals surface area contributed by atoms with Gasteiger partial charge in [-0.25, -0.2) is 9.59 Å². The number of hydrogen-bond acceptors (Lipinski definition) is 46. The quantitative estimate of drug-likeness (QED) is 0.0199. The third-order valence-corrected chi connectivity index (χ3v) is 28.3. The third-order valence-electron chi connectivity index (χ3n) is 28.3. The number of ether oxygens (including phenoxy) is 16. The van der Waals surface area contributed by atoms with Crippen LogP contribution in [-0.2, 0) is 105 Å². The number of hydrogen-bond donors (Lipinski definition) is 30. The Labute approximate surface area is 858 Å². The molecule has 8 heterocycles. The Morgan fingerprint density at radius 2 is 0.770 bits per heavy atom. The Morgan fingerprint density at radius 1 is 0.378 bits per heavy atom. The first-order valence-corrected chi connectivity index (χ1v) is 52.1. The van der Waals surface area contributed by atoms with E-state index in [0.717, 1.165) is 104 Å². The maximum absolute atomic E-state index is 14.7. The summed E-state index contributed by atoms with van der Waals surface area (Å²) in [5, 5.41) is 308. The highest BCUT2D eigenvalue weighted by Gasteiger charge is 2.66. The first kappa shape index (κ1) is 128. The van der Waals surface area contributed by atoms with Gasteiger partial charge in [-0.3, -0.25) is 19.2 Å². The van der Waals surface area contributed by atoms with Gasteiger partial charge in [0.15, 0.2) is 37.7 Å². The summed E-state index contributed by atoms with van der Waals surface area (Å²) in [6, 6.07) is -7.56. The van der Waals surface area contributed by atoms with Gasteiger partial charge < -0.3 is 230 Å². The normalized spacial score (nSPS) is 38.1. The van der Waals surface area contributed by atoms with Crippen molar-refractivity contribution in [2.24, 2.45) is 0 Å². The lowest BCUT2D eigenvalue weighted by Gasteiger charge is -2.53. The van der Waals surface area contributed by atoms with Crippen LogP contribution in [0.5, 0.6) is 0 Å². The lowest BCUT2D eigenvalue weighted by atomic mass is 9.87. The summed E-state index contributed by atoms with van der Waals surface area (Å²) in [7, 11) is 0. The Balaban J connectivity index is 1.16. The largest absolute Gasteiger partial charge is 0.477 e. The summed E-state index contributed by atoms with van der Waals surface area (Å²) >= 11 is 0. The van der Waals surface area contributed by atoms with Crippen LogP contribution in [0.25, 0.3) is 0 Å². The van der Waals surface area contributed by atoms with Crippen LogP contribution >= 0.6 is 0 Å². The second-order valence-electron chi connectivity index (χ2n) is 39.8. The van der Waals surface area contributed by atoms with Crippen molar-refractivity contribution in [2.75, 3.05) is 52.9 Å². The number of aliphatic carboxylic acids is 2. The van der Waals surface area contributed by atoms with Crippen LogP contribution in [0.15, 0.2) is 12.2 Å². The monoisotopic (exact) mass is 2150 g/mol. The fourth-order valence-corrected chi connectivity index (χ4v) is 19.8. The Hall–Kier alpha value is -5.04. The SMILES string of the molecule is CCCCCCCCCCCCC/C=C/[C@@H](O)[C@H](CO[C@@H]1OC(CO)[C@@H](O[C@@H]2OC(CO)[C@H](O[C@@H]3OC(CO)[C@H](O)[C@H](O[C@@H]4OC(CO)[C@H](O)[C@H](O[C@H]5OC(CO)[C@H](O)[C@H](O)C5O)C4O[C@H]4OC(C)[C@@H](O)C(O)[C@@H]4O)C3NC(C)=O)[C@H](O[C@]3(C(=O)O)CC(O)[C@@H](NC(C)=O)C([C@H](O)[C@@H](CO)O[C@]4(C(=O)O)CC(O)[C@@H](NC(C)=O)C([C@H](O)[C@H](O)CO)O4)O3)C2O)[C@H](O)C1O)NC(=O)CCCCCCCCCCCCCCCCC. The zero-order valence-electron chi connectivity index (χ0n) is 84.9. The molecule has 52 heteroatoms. The van der Waals surface area contributed by atoms with Crippen LogP contribution in [0.1, 0.15) is 234 Å². The summed E-state index contributed by atoms with van der Waals surface area (Å²) < 4.78 is 97.6. The lowest BCUT2D eigenvalue weighted by Crippen LogP contribution is -2.73. The predicted molar refractivity (Wildman–Crippen MR) is 504 cm³/mol. The molecule has 0 spiro atoms. The molecule has 8 saturated heterocycles. The van der Waals surface area contributed by atoms with Crippen LogP contribution in [-0.4, -0.2) is 490 Å². The van der Waals surface area contributed by atoms with Crippen molar-refractivity contribution in [1.82, 2.24) is 21.3 Å². The second kappa shape index (κ2) is 63.4. The van der Waals surface area contributed by atoms with Gasteiger partial charge >= 0.3 is 11.9 Å². The number of carboxylic acid groups (broad SMARTS) is 2. The average Bonchev–Trinajstić information content (AvgIpc) is 0.745. The van der Waals surface area contributed by atoms with Crippen molar-refractivity contribution < 1.29 is 237 Å². The Morgan fingerprint density at radius 3 is 1.27 bits per heavy atom. The predicted octanol–water partition coefficient (Wildman–Crippen LogP) is -7.19. The van der Waals surface area contributed by atoms with Crippen LogP contribution in [0.4, 0.5) is 0 Å². The molecule has 0 aromatic carbocycles. The Kier molecular flexibility index (Phi) is 54.9. The molecule has 4 amide bonds. The van der Waals surface area contributed by atoms with Gasteiger partial charge in [0.05, 0.1) is 95.4 Å². The molecule has 8 fully saturated rings. The molecule has 0 aliphatic carbocycles. The molecule has 0 aromatic rings. The number of carboxylic acids is 2. The summed E-state index contributed by atoms with van der Waals surface area (Å²) in [5.41, 5.74) is 0. The smallest absolute Gasteiger partial charge is 0.364 e. The number of carbonyl (C=O) groups excluding carboxylic acids is 4. The van der Waals surface area contributed by atoms with Gasteiger partial charge in [-0.2, -0.15) is 0 Å². The minimum atomic E-state index is -3.81. The van der Waals surface area contributed by atoms with Crippen molar-refractivity contribution in [3.8, 4) is 0 Å². The van der Waals surface area contributed by atoms with Crippen molar-refractivity contribution in [2.45, 2.75) is 503 Å². The van der Waals surface area contributed by atoms with E-state index in [9.17, 15) is 162 Å². The van der Waals surface area contributed by atoms with E-state index < -0.39 is 370 Å². The fraction of sp³-hybridized carbons (Fsp3) is 0.917. The van der Waals surface area contributed by atoms with E-state index in [2.05, 4.69) is 35.1 Å². The molecular weight excluding hydrogens is 1980 g/mol. The standard InChI is InChI=1S/C96H168N4O48/c1-7-9-11-13-15-17-19-21-22-24-26-28-30-32-34-36-62(115)100-51(52(111)35-33-31-29-27-25-23-20-18-16-14-12-10-8-2)46-133-88-77(127)74(124)79(60(44-106)138-88)140-91-78(128)85(148-96(94(131)132)38-54(113)64(98-49(5)109)83(147-96)71(121)59(43-105)145-95(93(129)130)37-53(112)63(97-48(4)108)82(146-95)67(117)55(114)39-101)80(61(45-107)139-91)141-87-65(99-50(6)110)81(69(119)57(41-103)135-87)142-92-86(144-89-75(125)72(122)66(116)47(3)134-89)84(70(120)58(42-104)137-92)143-90-76(126)73(123)68(118)56(40-102)136-90/h33,35,47,51-61,63-92,101-107,111-114,116-128H,7-32,34,36-46H2,1-6H3,(H,97,108)(H,98,109)(H,99,110)(H,100,115)(H,129,130)(H,131,132)/b35-33+/t47?,51-,52+,53?,54?,55+,56?,57?,58?,59+,60?,61?,63+,64+,65?,66+,67+,68-,69-,70-,71+,72?,73-,74+,75-,76?,77?,78?,79+,80-,81+,82?,83?,84-,85+,86?,87-,88+,89+,90+,91-,92-,95+,96-/m0/s1. The van der Waals surface area contributed by atoms with E-state index in [1.807, 2.05) is 0 Å². The van der Waals surface area contributed by atoms with Crippen molar-refractivity contribution in [1.29, 1.82) is 0 Å². The topological polar surface area (TPSA) is 824 Å². The van der Waals surface area contributed by atoms with Crippen LogP contribution in [0.2, 0.25) is 0 Å². The fourth-order valence-electron chi connectivity index (χ4n) is 19.8. The van der Waals surface area contributed by atoms with E-state index in [0.29, 0.717) is 12.8 Å². The van der Waals surface area contributed by atoms with Gasteiger partial charge in [-0.05, 0) is 26.2 Å². The number of aliphatic hydroxyl groups excluding tert-OH is 24. The molecule has 16 unspecified atom stereocenters. The van der Waals surface area contributed by atoms with E-state index in [4.69, 9.17) is 75.8 Å². The number of carbonyl (C=O) groups is 6. The summed E-state index contributed by atoms with van der Waals surface area (Å²) in [4.78, 5) is 81.8. The van der Waals surface area contributed by atoms with Gasteiger partial charge in [0.25, 0.3) is 11.6 Å². The molecule has 0 bridgehead atoms. The molecule has 0 saturated carbocycles. The van der Waals surface area contributed by atoms with Crippen LogP contribution in [0, 0.1) is 0 Å². The highest BCUT2D eigenvalue weighted by Crippen LogP contribution is 2.45. The first-order valence-electron chi connectivity index (χ1n) is 52.1. The number of unbranched alkanes of at least 4 members (excludes halogenated alkanes) is 25. The number of allylic oxidation sites excluding steroid dienone is 1. The molecule has 8 aliphatic rings. The molecule has 0 radical (unpaired) electrons. The average molecular weight is 2150 g/mol. The lowest BCUT2D eigenvalue weighted by molar-refractivity contribution is -0.410. The summed E-state index contributed by atoms with van der Waals surface area (Å²) in [6.07, 6.45) is -57.1. The molecule has 8 aliphatic heterocycles. The van der Waals surface area contributed by atoms with Gasteiger partial charge in [-0.15, -0.1) is 0 Å².